The second-order valence-electron chi connectivity index (χ2n) is 16.8. The first-order valence-corrected chi connectivity index (χ1v) is 20.4. The summed E-state index contributed by atoms with van der Waals surface area (Å²) in [5.74, 6) is -5.40. The van der Waals surface area contributed by atoms with Gasteiger partial charge in [0.15, 0.2) is 12.1 Å². The predicted molar refractivity (Wildman–Crippen MR) is 215 cm³/mol. The van der Waals surface area contributed by atoms with Gasteiger partial charge in [0.1, 0.15) is 47.1 Å². The number of hydrogen-bond acceptors (Lipinski definition) is 15. The van der Waals surface area contributed by atoms with Crippen LogP contribution in [0.2, 0.25) is 0 Å². The van der Waals surface area contributed by atoms with E-state index in [1.54, 1.807) is 52.6 Å². The Hall–Kier alpha value is -4.00. The van der Waals surface area contributed by atoms with Gasteiger partial charge in [-0.2, -0.15) is 0 Å². The molecule has 1 aromatic heterocycles. The van der Waals surface area contributed by atoms with Crippen molar-refractivity contribution in [2.45, 2.75) is 135 Å². The number of aliphatic hydroxyl groups excluding tert-OH is 1. The number of cyclic esters (lactones) is 1. The first-order chi connectivity index (χ1) is 27.7. The Morgan fingerprint density at radius 1 is 1.02 bits per heavy atom. The molecule has 2 saturated heterocycles. The number of carbonyl (C=O) groups is 4. The lowest BCUT2D eigenvalue weighted by Gasteiger charge is -2.47. The maximum Gasteiger partial charge on any atom is 0.407 e. The average molecular weight is 832 g/mol. The topological polar surface area (TPSA) is 210 Å². The van der Waals surface area contributed by atoms with Gasteiger partial charge < -0.3 is 48.9 Å². The SMILES string of the molecule is CC[C@H]1OC(=O)[C@H](C)C(=O)[C@H](C)[C@@H](O[C@H]2O[C@@H](C)C[C@@H](N(C)C)[C@@H]2O)[C@](C)(OC)C[C@@H](C)C(=O)[C@H](C)[C@@H](OC(=O)NCCn2cc(-c3ccc(OC)cc3)nn2)[C@]1(C)O. The Labute approximate surface area is 347 Å². The van der Waals surface area contributed by atoms with Crippen LogP contribution in [0.25, 0.3) is 11.3 Å². The molecule has 3 heterocycles. The highest BCUT2D eigenvalue weighted by Gasteiger charge is 2.53. The lowest BCUT2D eigenvalue weighted by Crippen LogP contribution is -2.60. The van der Waals surface area contributed by atoms with Crippen molar-refractivity contribution in [2.75, 3.05) is 34.9 Å². The molecule has 0 unspecified atom stereocenters. The van der Waals surface area contributed by atoms with E-state index < -0.39 is 83.4 Å². The summed E-state index contributed by atoms with van der Waals surface area (Å²) < 4.78 is 37.2. The van der Waals surface area contributed by atoms with Crippen LogP contribution in [0.1, 0.15) is 74.7 Å². The zero-order valence-electron chi connectivity index (χ0n) is 36.5. The number of Topliss-reactive ketones (excluding diaryl/α,β-unsaturated/α-hetero) is 2. The Kier molecular flexibility index (Phi) is 16.2. The molecule has 1 aromatic carbocycles. The van der Waals surface area contributed by atoms with Crippen molar-refractivity contribution in [1.82, 2.24) is 25.2 Å². The number of nitrogens with zero attached hydrogens (tertiary/aromatic N) is 4. The number of amides is 1. The number of alkyl carbamates (subject to hydrolysis) is 1. The summed E-state index contributed by atoms with van der Waals surface area (Å²) in [4.78, 5) is 57.7. The molecule has 17 heteroatoms. The largest absolute Gasteiger partial charge is 0.497 e. The number of ketones is 2. The Bertz CT molecular complexity index is 1740. The van der Waals surface area contributed by atoms with Gasteiger partial charge >= 0.3 is 12.1 Å². The number of aromatic nitrogens is 3. The maximum atomic E-state index is 14.4. The van der Waals surface area contributed by atoms with E-state index in [4.69, 9.17) is 28.4 Å². The Morgan fingerprint density at radius 2 is 1.66 bits per heavy atom. The van der Waals surface area contributed by atoms with Gasteiger partial charge in [-0.15, -0.1) is 5.10 Å². The van der Waals surface area contributed by atoms with E-state index in [2.05, 4.69) is 15.6 Å². The number of esters is 1. The molecule has 2 aliphatic heterocycles. The van der Waals surface area contributed by atoms with E-state index in [0.717, 1.165) is 5.56 Å². The van der Waals surface area contributed by atoms with Crippen molar-refractivity contribution in [3.8, 4) is 17.0 Å². The smallest absolute Gasteiger partial charge is 0.407 e. The lowest BCUT2D eigenvalue weighted by molar-refractivity contribution is -0.295. The van der Waals surface area contributed by atoms with Gasteiger partial charge in [-0.1, -0.05) is 32.9 Å². The zero-order chi connectivity index (χ0) is 44.0. The molecule has 0 spiro atoms. The number of rotatable bonds is 11. The highest BCUT2D eigenvalue weighted by Crippen LogP contribution is 2.39. The number of nitrogens with one attached hydrogen (secondary N) is 1. The molecule has 2 aliphatic rings. The van der Waals surface area contributed by atoms with Gasteiger partial charge in [0.05, 0.1) is 43.6 Å². The zero-order valence-corrected chi connectivity index (χ0v) is 36.5. The third-order valence-corrected chi connectivity index (χ3v) is 12.0. The lowest BCUT2D eigenvalue weighted by atomic mass is 9.74. The molecule has 3 N–H and O–H groups in total. The van der Waals surface area contributed by atoms with Crippen LogP contribution < -0.4 is 10.1 Å². The van der Waals surface area contributed by atoms with Crippen LogP contribution in [0.3, 0.4) is 0 Å². The average Bonchev–Trinajstić information content (AvgIpc) is 3.68. The van der Waals surface area contributed by atoms with Crippen molar-refractivity contribution in [3.63, 3.8) is 0 Å². The summed E-state index contributed by atoms with van der Waals surface area (Å²) in [5.41, 5.74) is -2.00. The summed E-state index contributed by atoms with van der Waals surface area (Å²) in [7, 11) is 6.71. The molecule has 2 fully saturated rings. The maximum absolute atomic E-state index is 14.4. The van der Waals surface area contributed by atoms with Crippen LogP contribution in [0.15, 0.2) is 30.5 Å². The van der Waals surface area contributed by atoms with Crippen molar-refractivity contribution in [3.05, 3.63) is 30.5 Å². The molecule has 0 saturated carbocycles. The number of ether oxygens (including phenoxy) is 6. The summed E-state index contributed by atoms with van der Waals surface area (Å²) >= 11 is 0. The van der Waals surface area contributed by atoms with Crippen LogP contribution in [-0.4, -0.2) is 143 Å². The van der Waals surface area contributed by atoms with E-state index in [1.165, 1.54) is 21.0 Å². The number of aliphatic hydroxyl groups is 2. The molecular formula is C42H65N5O12. The second-order valence-corrected chi connectivity index (χ2v) is 16.8. The van der Waals surface area contributed by atoms with E-state index >= 15 is 0 Å². The predicted octanol–water partition coefficient (Wildman–Crippen LogP) is 3.42. The molecule has 2 aromatic rings. The molecule has 59 heavy (non-hydrogen) atoms. The molecule has 330 valence electrons. The van der Waals surface area contributed by atoms with Crippen LogP contribution in [0.4, 0.5) is 4.79 Å². The van der Waals surface area contributed by atoms with Gasteiger partial charge in [-0.05, 0) is 85.3 Å². The summed E-state index contributed by atoms with van der Waals surface area (Å²) in [5, 5.41) is 34.5. The Morgan fingerprint density at radius 3 is 2.25 bits per heavy atom. The highest BCUT2D eigenvalue weighted by atomic mass is 16.7. The van der Waals surface area contributed by atoms with E-state index in [0.29, 0.717) is 17.9 Å². The van der Waals surface area contributed by atoms with Gasteiger partial charge in [-0.25, -0.2) is 4.79 Å². The first-order valence-electron chi connectivity index (χ1n) is 20.4. The molecule has 0 aliphatic carbocycles. The van der Waals surface area contributed by atoms with Gasteiger partial charge in [0.25, 0.3) is 0 Å². The van der Waals surface area contributed by atoms with Crippen LogP contribution in [-0.2, 0) is 44.6 Å². The van der Waals surface area contributed by atoms with Gasteiger partial charge in [0, 0.05) is 37.1 Å². The van der Waals surface area contributed by atoms with E-state index in [1.807, 2.05) is 50.2 Å². The number of likely N-dealkylation sites (N-methyl/N-ethyl adjacent to an activating group) is 1. The van der Waals surface area contributed by atoms with Crippen molar-refractivity contribution >= 4 is 23.6 Å². The van der Waals surface area contributed by atoms with Crippen LogP contribution in [0.5, 0.6) is 5.75 Å². The fourth-order valence-corrected chi connectivity index (χ4v) is 8.37. The highest BCUT2D eigenvalue weighted by molar-refractivity contribution is 6.00. The van der Waals surface area contributed by atoms with Crippen LogP contribution >= 0.6 is 0 Å². The molecule has 1 amide bonds. The monoisotopic (exact) mass is 831 g/mol. The van der Waals surface area contributed by atoms with E-state index in [9.17, 15) is 29.4 Å². The molecule has 4 rings (SSSR count). The minimum Gasteiger partial charge on any atom is -0.497 e. The third kappa shape index (κ3) is 11.0. The Balaban J connectivity index is 1.61. The molecule has 17 nitrogen and oxygen atoms in total. The minimum absolute atomic E-state index is 0.0119. The van der Waals surface area contributed by atoms with Gasteiger partial charge in [0.2, 0.25) is 0 Å². The fourth-order valence-electron chi connectivity index (χ4n) is 8.37. The van der Waals surface area contributed by atoms with Crippen molar-refractivity contribution in [1.29, 1.82) is 0 Å². The first kappa shape index (κ1) is 47.7. The van der Waals surface area contributed by atoms with Crippen LogP contribution in [0, 0.1) is 23.7 Å². The quantitative estimate of drug-likeness (QED) is 0.219. The number of benzene rings is 1. The normalized spacial score (nSPS) is 35.2. The minimum atomic E-state index is -2.08. The standard InChI is InChI=1S/C42H65N5O12/c1-13-32-42(8,53)37(59-40(52)43-18-19-47-22-30(44-45-47)28-14-16-29(54-11)17-15-28)25(4)33(48)23(2)21-41(7,55-12)36(26(5)34(49)27(6)38(51)57-32)58-39-35(50)31(46(9)10)20-24(3)56-39/h14-17,22-27,31-32,35-37,39,50,53H,13,18-21H2,1-12H3,(H,43,52)/t23-,24+,25+,26+,27-,31-,32-,35+,36-,37-,39-,41-,42-/m1/s1. The fraction of sp³-hybridized carbons (Fsp3) is 0.714. The number of methoxy groups -OCH3 is 2. The number of carbonyl (C=O) groups excluding carboxylic acids is 4. The second kappa shape index (κ2) is 20.0. The molecule has 13 atom stereocenters. The summed E-state index contributed by atoms with van der Waals surface area (Å²) in [6.45, 7) is 13.1. The molecular weight excluding hydrogens is 766 g/mol. The third-order valence-electron chi connectivity index (χ3n) is 12.0. The summed E-state index contributed by atoms with van der Waals surface area (Å²) in [6, 6.07) is 7.01. The number of hydrogen-bond donors (Lipinski definition) is 3. The molecule has 0 bridgehead atoms. The summed E-state index contributed by atoms with van der Waals surface area (Å²) in [6.07, 6.45) is -5.05. The molecule has 0 radical (unpaired) electrons. The van der Waals surface area contributed by atoms with Crippen molar-refractivity contribution in [2.24, 2.45) is 23.7 Å². The van der Waals surface area contributed by atoms with E-state index in [-0.39, 0.29) is 43.9 Å². The van der Waals surface area contributed by atoms with Crippen molar-refractivity contribution < 1.29 is 57.8 Å². The van der Waals surface area contributed by atoms with Gasteiger partial charge in [-0.3, -0.25) is 19.1 Å².